The molecule has 24 heavy (non-hydrogen) atoms. The van der Waals surface area contributed by atoms with Crippen LogP contribution in [0.5, 0.6) is 11.5 Å². The highest BCUT2D eigenvalue weighted by Crippen LogP contribution is 2.29. The maximum Gasteiger partial charge on any atom is 0.387 e. The summed E-state index contributed by atoms with van der Waals surface area (Å²) in [5.41, 5.74) is 0.577. The van der Waals surface area contributed by atoms with Crippen molar-refractivity contribution in [2.24, 2.45) is 0 Å². The lowest BCUT2D eigenvalue weighted by atomic mass is 10.2. The summed E-state index contributed by atoms with van der Waals surface area (Å²) in [5, 5.41) is 3.01. The molecule has 2 rings (SSSR count). The number of nitrogens with one attached hydrogen (secondary N) is 1. The summed E-state index contributed by atoms with van der Waals surface area (Å²) in [6.07, 6.45) is 4.19. The Morgan fingerprint density at radius 2 is 2.08 bits per heavy atom. The van der Waals surface area contributed by atoms with E-state index in [0.29, 0.717) is 16.4 Å². The summed E-state index contributed by atoms with van der Waals surface area (Å²) in [5.74, 6) is 0.000648. The number of pyridine rings is 1. The summed E-state index contributed by atoms with van der Waals surface area (Å²) in [6.45, 7) is -2.95. The molecular formula is C16H13ClF2N2O3. The maximum absolute atomic E-state index is 12.3. The van der Waals surface area contributed by atoms with Gasteiger partial charge in [0.1, 0.15) is 5.82 Å². The molecule has 1 N–H and O–H groups in total. The molecule has 0 aliphatic heterocycles. The Kier molecular flexibility index (Phi) is 6.08. The number of hydrogen-bond acceptors (Lipinski definition) is 4. The number of ether oxygens (including phenoxy) is 2. The van der Waals surface area contributed by atoms with Gasteiger partial charge >= 0.3 is 6.61 Å². The number of benzene rings is 1. The van der Waals surface area contributed by atoms with Crippen molar-refractivity contribution in [1.29, 1.82) is 0 Å². The molecule has 0 aliphatic carbocycles. The second kappa shape index (κ2) is 8.26. The van der Waals surface area contributed by atoms with Crippen LogP contribution in [0.4, 0.5) is 14.6 Å². The Morgan fingerprint density at radius 1 is 1.29 bits per heavy atom. The standard InChI is InChI=1S/C16H13ClF2N2O3/c1-23-13-8-10(2-5-12(13)24-16(18)19)3-7-15(22)21-14-6-4-11(17)9-20-14/h2-9,16H,1H3,(H,20,21,22)/b7-3+. The fourth-order valence-corrected chi connectivity index (χ4v) is 1.88. The Morgan fingerprint density at radius 3 is 2.71 bits per heavy atom. The van der Waals surface area contributed by atoms with Crippen LogP contribution >= 0.6 is 11.6 Å². The molecule has 5 nitrogen and oxygen atoms in total. The smallest absolute Gasteiger partial charge is 0.387 e. The van der Waals surface area contributed by atoms with Crippen LogP contribution in [0.2, 0.25) is 5.02 Å². The Labute approximate surface area is 141 Å². The van der Waals surface area contributed by atoms with Crippen LogP contribution in [0, 0.1) is 0 Å². The largest absolute Gasteiger partial charge is 0.493 e. The van der Waals surface area contributed by atoms with E-state index in [-0.39, 0.29) is 11.5 Å². The molecule has 0 bridgehead atoms. The van der Waals surface area contributed by atoms with Crippen LogP contribution in [-0.4, -0.2) is 24.6 Å². The van der Waals surface area contributed by atoms with E-state index in [1.54, 1.807) is 12.1 Å². The first-order chi connectivity index (χ1) is 11.5. The van der Waals surface area contributed by atoms with Gasteiger partial charge in [-0.1, -0.05) is 17.7 Å². The zero-order valence-corrected chi connectivity index (χ0v) is 13.3. The first kappa shape index (κ1) is 17.7. The van der Waals surface area contributed by atoms with Gasteiger partial charge in [-0.15, -0.1) is 0 Å². The molecule has 2 aromatic rings. The molecular weight excluding hydrogens is 342 g/mol. The van der Waals surface area contributed by atoms with E-state index in [2.05, 4.69) is 15.0 Å². The molecule has 0 atom stereocenters. The highest BCUT2D eigenvalue weighted by atomic mass is 35.5. The molecule has 0 saturated carbocycles. The second-order valence-corrected chi connectivity index (χ2v) is 4.91. The average Bonchev–Trinajstić information content (AvgIpc) is 2.55. The zero-order valence-electron chi connectivity index (χ0n) is 12.5. The predicted octanol–water partition coefficient (Wildman–Crippen LogP) is 4.00. The molecule has 8 heteroatoms. The van der Waals surface area contributed by atoms with Gasteiger partial charge in [0.25, 0.3) is 0 Å². The lowest BCUT2D eigenvalue weighted by Crippen LogP contribution is -2.08. The van der Waals surface area contributed by atoms with E-state index < -0.39 is 12.5 Å². The molecule has 0 unspecified atom stereocenters. The first-order valence-electron chi connectivity index (χ1n) is 6.71. The van der Waals surface area contributed by atoms with Crippen LogP contribution in [0.1, 0.15) is 5.56 Å². The number of halogens is 3. The van der Waals surface area contributed by atoms with E-state index in [9.17, 15) is 13.6 Å². The molecule has 1 heterocycles. The Bertz CT molecular complexity index is 737. The van der Waals surface area contributed by atoms with Crippen molar-refractivity contribution in [3.05, 3.63) is 53.2 Å². The van der Waals surface area contributed by atoms with Gasteiger partial charge in [-0.25, -0.2) is 4.98 Å². The molecule has 0 radical (unpaired) electrons. The number of carbonyl (C=O) groups excluding carboxylic acids is 1. The molecule has 1 aromatic heterocycles. The normalized spacial score (nSPS) is 10.9. The van der Waals surface area contributed by atoms with Crippen molar-refractivity contribution < 1.29 is 23.0 Å². The Balaban J connectivity index is 2.05. The minimum Gasteiger partial charge on any atom is -0.493 e. The van der Waals surface area contributed by atoms with E-state index in [4.69, 9.17) is 16.3 Å². The summed E-state index contributed by atoms with van der Waals surface area (Å²) in [4.78, 5) is 15.7. The van der Waals surface area contributed by atoms with Gasteiger partial charge in [0.2, 0.25) is 5.91 Å². The fourth-order valence-electron chi connectivity index (χ4n) is 1.77. The van der Waals surface area contributed by atoms with Crippen molar-refractivity contribution in [3.8, 4) is 11.5 Å². The fraction of sp³-hybridized carbons (Fsp3) is 0.125. The molecule has 0 saturated heterocycles. The number of methoxy groups -OCH3 is 1. The van der Waals surface area contributed by atoms with E-state index >= 15 is 0 Å². The van der Waals surface area contributed by atoms with Crippen molar-refractivity contribution >= 4 is 29.4 Å². The molecule has 0 fully saturated rings. The number of aromatic nitrogens is 1. The van der Waals surface area contributed by atoms with Gasteiger partial charge in [0, 0.05) is 12.3 Å². The van der Waals surface area contributed by atoms with Crippen molar-refractivity contribution in [2.75, 3.05) is 12.4 Å². The molecule has 1 aromatic carbocycles. The highest BCUT2D eigenvalue weighted by molar-refractivity contribution is 6.30. The lowest BCUT2D eigenvalue weighted by molar-refractivity contribution is -0.111. The zero-order chi connectivity index (χ0) is 17.5. The minimum absolute atomic E-state index is 0.0838. The van der Waals surface area contributed by atoms with Gasteiger partial charge in [-0.3, -0.25) is 4.79 Å². The number of alkyl halides is 2. The summed E-state index contributed by atoms with van der Waals surface area (Å²) >= 11 is 5.70. The number of rotatable bonds is 6. The van der Waals surface area contributed by atoms with Crippen molar-refractivity contribution in [1.82, 2.24) is 4.98 Å². The van der Waals surface area contributed by atoms with Gasteiger partial charge in [0.05, 0.1) is 12.1 Å². The molecule has 126 valence electrons. The van der Waals surface area contributed by atoms with E-state index in [0.717, 1.165) is 0 Å². The number of anilines is 1. The molecule has 0 aliphatic rings. The van der Waals surface area contributed by atoms with Crippen LogP contribution in [-0.2, 0) is 4.79 Å². The third kappa shape index (κ3) is 5.20. The quantitative estimate of drug-likeness (QED) is 0.797. The predicted molar refractivity (Wildman–Crippen MR) is 86.5 cm³/mol. The maximum atomic E-state index is 12.3. The van der Waals surface area contributed by atoms with Gasteiger partial charge < -0.3 is 14.8 Å². The van der Waals surface area contributed by atoms with Crippen molar-refractivity contribution in [3.63, 3.8) is 0 Å². The lowest BCUT2D eigenvalue weighted by Gasteiger charge is -2.10. The summed E-state index contributed by atoms with van der Waals surface area (Å²) in [7, 11) is 1.33. The third-order valence-electron chi connectivity index (χ3n) is 2.81. The van der Waals surface area contributed by atoms with Crippen LogP contribution in [0.3, 0.4) is 0 Å². The third-order valence-corrected chi connectivity index (χ3v) is 3.03. The average molecular weight is 355 g/mol. The number of nitrogens with zero attached hydrogens (tertiary/aromatic N) is 1. The topological polar surface area (TPSA) is 60.5 Å². The number of hydrogen-bond donors (Lipinski definition) is 1. The monoisotopic (exact) mass is 354 g/mol. The number of amides is 1. The SMILES string of the molecule is COc1cc(/C=C/C(=O)Nc2ccc(Cl)cn2)ccc1OC(F)F. The Hall–Kier alpha value is -2.67. The van der Waals surface area contributed by atoms with Crippen LogP contribution in [0.25, 0.3) is 6.08 Å². The van der Waals surface area contributed by atoms with E-state index in [1.165, 1.54) is 43.7 Å². The number of carbonyl (C=O) groups is 1. The van der Waals surface area contributed by atoms with Crippen LogP contribution in [0.15, 0.2) is 42.6 Å². The minimum atomic E-state index is -2.95. The van der Waals surface area contributed by atoms with Gasteiger partial charge in [-0.05, 0) is 35.9 Å². The first-order valence-corrected chi connectivity index (χ1v) is 7.09. The molecule has 1 amide bonds. The summed E-state index contributed by atoms with van der Waals surface area (Å²) < 4.78 is 33.8. The van der Waals surface area contributed by atoms with Crippen LogP contribution < -0.4 is 14.8 Å². The highest BCUT2D eigenvalue weighted by Gasteiger charge is 2.10. The van der Waals surface area contributed by atoms with Gasteiger partial charge in [-0.2, -0.15) is 8.78 Å². The van der Waals surface area contributed by atoms with Gasteiger partial charge in [0.15, 0.2) is 11.5 Å². The summed E-state index contributed by atoms with van der Waals surface area (Å²) in [6, 6.07) is 7.49. The second-order valence-electron chi connectivity index (χ2n) is 4.47. The van der Waals surface area contributed by atoms with E-state index in [1.807, 2.05) is 0 Å². The van der Waals surface area contributed by atoms with Crippen molar-refractivity contribution in [2.45, 2.75) is 6.61 Å². The molecule has 0 spiro atoms.